The Morgan fingerprint density at radius 1 is 0.971 bits per heavy atom. The lowest BCUT2D eigenvalue weighted by atomic mass is 10.1. The van der Waals surface area contributed by atoms with Crippen molar-refractivity contribution in [1.82, 2.24) is 19.7 Å². The Kier molecular flexibility index (Phi) is 5.46. The van der Waals surface area contributed by atoms with Crippen LogP contribution in [0.25, 0.3) is 22.3 Å². The van der Waals surface area contributed by atoms with Crippen molar-refractivity contribution in [3.63, 3.8) is 0 Å². The number of rotatable bonds is 6. The summed E-state index contributed by atoms with van der Waals surface area (Å²) in [6.07, 6.45) is 0. The van der Waals surface area contributed by atoms with Crippen molar-refractivity contribution in [3.05, 3.63) is 94.1 Å². The Morgan fingerprint density at radius 3 is 2.71 bits per heavy atom. The van der Waals surface area contributed by atoms with E-state index in [1.165, 1.54) is 11.8 Å². The van der Waals surface area contributed by atoms with Gasteiger partial charge in [-0.15, -0.1) is 0 Å². The predicted octanol–water partition coefficient (Wildman–Crippen LogP) is 4.82. The Hall–Kier alpha value is -4.11. The maximum absolute atomic E-state index is 13.4. The van der Waals surface area contributed by atoms with Gasteiger partial charge in [-0.3, -0.25) is 9.36 Å². The molecule has 0 unspecified atom stereocenters. The second kappa shape index (κ2) is 8.92. The van der Waals surface area contributed by atoms with E-state index in [0.717, 1.165) is 16.7 Å². The van der Waals surface area contributed by atoms with Crippen LogP contribution in [0.2, 0.25) is 0 Å². The molecule has 5 aromatic rings. The zero-order chi connectivity index (χ0) is 23.8. The van der Waals surface area contributed by atoms with Crippen molar-refractivity contribution in [1.29, 1.82) is 0 Å². The van der Waals surface area contributed by atoms with Crippen molar-refractivity contribution in [2.75, 3.05) is 6.79 Å². The number of benzene rings is 3. The molecule has 0 amide bonds. The largest absolute Gasteiger partial charge is 0.454 e. The zero-order valence-corrected chi connectivity index (χ0v) is 19.6. The van der Waals surface area contributed by atoms with Crippen molar-refractivity contribution in [2.24, 2.45) is 0 Å². The standard InChI is InChI=1S/C26H20N4O4S/c1-16-6-2-3-7-18(16)24-28-23(34-29-24)14-35-26-27-20-9-5-4-8-19(20)25(31)30(26)13-17-10-11-21-22(12-17)33-15-32-21/h2-12H,13-15H2,1H3. The first-order valence-electron chi connectivity index (χ1n) is 11.1. The second-order valence-electron chi connectivity index (χ2n) is 8.11. The normalized spacial score (nSPS) is 12.4. The molecule has 0 aliphatic carbocycles. The fraction of sp³-hybridized carbons (Fsp3) is 0.154. The minimum absolute atomic E-state index is 0.109. The molecule has 6 rings (SSSR count). The summed E-state index contributed by atoms with van der Waals surface area (Å²) in [4.78, 5) is 22.8. The maximum atomic E-state index is 13.4. The number of aryl methyl sites for hydroxylation is 1. The van der Waals surface area contributed by atoms with Crippen LogP contribution < -0.4 is 15.0 Å². The Morgan fingerprint density at radius 2 is 1.80 bits per heavy atom. The first-order chi connectivity index (χ1) is 17.2. The van der Waals surface area contributed by atoms with E-state index in [-0.39, 0.29) is 12.4 Å². The molecule has 0 radical (unpaired) electrons. The third-order valence-electron chi connectivity index (χ3n) is 5.78. The summed E-state index contributed by atoms with van der Waals surface area (Å²) in [5, 5.41) is 5.27. The van der Waals surface area contributed by atoms with Crippen LogP contribution in [0, 0.1) is 6.92 Å². The van der Waals surface area contributed by atoms with E-state index in [4.69, 9.17) is 19.0 Å². The van der Waals surface area contributed by atoms with Crippen molar-refractivity contribution in [3.8, 4) is 22.9 Å². The Labute approximate surface area is 204 Å². The van der Waals surface area contributed by atoms with Gasteiger partial charge >= 0.3 is 0 Å². The summed E-state index contributed by atoms with van der Waals surface area (Å²) in [6, 6.07) is 20.9. The maximum Gasteiger partial charge on any atom is 0.262 e. The van der Waals surface area contributed by atoms with Crippen LogP contribution in [0.3, 0.4) is 0 Å². The van der Waals surface area contributed by atoms with E-state index in [1.54, 1.807) is 10.6 Å². The molecule has 0 fully saturated rings. The predicted molar refractivity (Wildman–Crippen MR) is 132 cm³/mol. The Balaban J connectivity index is 1.32. The van der Waals surface area contributed by atoms with Crippen molar-refractivity contribution >= 4 is 22.7 Å². The average Bonchev–Trinajstić information content (AvgIpc) is 3.54. The minimum Gasteiger partial charge on any atom is -0.454 e. The van der Waals surface area contributed by atoms with Gasteiger partial charge < -0.3 is 14.0 Å². The molecule has 3 heterocycles. The fourth-order valence-electron chi connectivity index (χ4n) is 3.99. The highest BCUT2D eigenvalue weighted by Gasteiger charge is 2.18. The average molecular weight is 485 g/mol. The Bertz CT molecular complexity index is 1610. The molecule has 8 nitrogen and oxygen atoms in total. The molecule has 0 spiro atoms. The van der Waals surface area contributed by atoms with E-state index in [2.05, 4.69) is 10.1 Å². The molecule has 35 heavy (non-hydrogen) atoms. The summed E-state index contributed by atoms with van der Waals surface area (Å²) in [6.45, 7) is 2.55. The molecule has 2 aromatic heterocycles. The van der Waals surface area contributed by atoms with E-state index in [9.17, 15) is 4.79 Å². The number of aromatic nitrogens is 4. The first kappa shape index (κ1) is 21.4. The van der Waals surface area contributed by atoms with Gasteiger partial charge in [-0.1, -0.05) is 59.4 Å². The molecule has 0 bridgehead atoms. The van der Waals surface area contributed by atoms with Crippen molar-refractivity contribution < 1.29 is 14.0 Å². The quantitative estimate of drug-likeness (QED) is 0.250. The lowest BCUT2D eigenvalue weighted by Gasteiger charge is -2.13. The number of hydrogen-bond acceptors (Lipinski definition) is 8. The van der Waals surface area contributed by atoms with Gasteiger partial charge in [-0.25, -0.2) is 4.98 Å². The van der Waals surface area contributed by atoms with E-state index < -0.39 is 0 Å². The monoisotopic (exact) mass is 484 g/mol. The molecule has 0 atom stereocenters. The molecular weight excluding hydrogens is 464 g/mol. The highest BCUT2D eigenvalue weighted by atomic mass is 32.2. The lowest BCUT2D eigenvalue weighted by Crippen LogP contribution is -2.24. The summed E-state index contributed by atoms with van der Waals surface area (Å²) < 4.78 is 18.1. The molecular formula is C26H20N4O4S. The summed E-state index contributed by atoms with van der Waals surface area (Å²) >= 11 is 1.39. The van der Waals surface area contributed by atoms with Crippen LogP contribution in [-0.4, -0.2) is 26.5 Å². The number of para-hydroxylation sites is 1. The molecule has 0 saturated carbocycles. The molecule has 9 heteroatoms. The molecule has 0 N–H and O–H groups in total. The van der Waals surface area contributed by atoms with Crippen LogP contribution in [-0.2, 0) is 12.3 Å². The lowest BCUT2D eigenvalue weighted by molar-refractivity contribution is 0.174. The molecule has 0 saturated heterocycles. The van der Waals surface area contributed by atoms with Crippen molar-refractivity contribution in [2.45, 2.75) is 24.4 Å². The number of nitrogens with zero attached hydrogens (tertiary/aromatic N) is 4. The molecule has 1 aliphatic rings. The van der Waals surface area contributed by atoms with Crippen LogP contribution >= 0.6 is 11.8 Å². The molecule has 3 aromatic carbocycles. The first-order valence-corrected chi connectivity index (χ1v) is 12.0. The second-order valence-corrected chi connectivity index (χ2v) is 9.05. The van der Waals surface area contributed by atoms with Gasteiger partial charge in [-0.05, 0) is 42.3 Å². The van der Waals surface area contributed by atoms with Gasteiger partial charge in [0.2, 0.25) is 18.5 Å². The fourth-order valence-corrected chi connectivity index (χ4v) is 4.83. The smallest absolute Gasteiger partial charge is 0.262 e. The van der Waals surface area contributed by atoms with E-state index in [0.29, 0.717) is 51.6 Å². The number of hydrogen-bond donors (Lipinski definition) is 0. The van der Waals surface area contributed by atoms with Gasteiger partial charge in [0.25, 0.3) is 5.56 Å². The zero-order valence-electron chi connectivity index (χ0n) is 18.8. The third-order valence-corrected chi connectivity index (χ3v) is 6.74. The van der Waals surface area contributed by atoms with Gasteiger partial charge in [0.15, 0.2) is 16.7 Å². The third kappa shape index (κ3) is 4.15. The molecule has 1 aliphatic heterocycles. The molecule has 174 valence electrons. The summed E-state index contributed by atoms with van der Waals surface area (Å²) in [5.41, 5.74) is 3.45. The summed E-state index contributed by atoms with van der Waals surface area (Å²) in [7, 11) is 0. The van der Waals surface area contributed by atoms with Gasteiger partial charge in [0.05, 0.1) is 23.2 Å². The number of fused-ring (bicyclic) bond motifs is 2. The topological polar surface area (TPSA) is 92.3 Å². The SMILES string of the molecule is Cc1ccccc1-c1noc(CSc2nc3ccccc3c(=O)n2Cc2ccc3c(c2)OCO3)n1. The van der Waals surface area contributed by atoms with Crippen LogP contribution in [0.5, 0.6) is 11.5 Å². The number of thioether (sulfide) groups is 1. The highest BCUT2D eigenvalue weighted by molar-refractivity contribution is 7.98. The summed E-state index contributed by atoms with van der Waals surface area (Å²) in [5.74, 6) is 2.76. The van der Waals surface area contributed by atoms with Gasteiger partial charge in [0.1, 0.15) is 0 Å². The highest BCUT2D eigenvalue weighted by Crippen LogP contribution is 2.33. The van der Waals surface area contributed by atoms with Crippen LogP contribution in [0.15, 0.2) is 81.2 Å². The van der Waals surface area contributed by atoms with Gasteiger partial charge in [0, 0.05) is 5.56 Å². The van der Waals surface area contributed by atoms with E-state index >= 15 is 0 Å². The van der Waals surface area contributed by atoms with Crippen LogP contribution in [0.4, 0.5) is 0 Å². The van der Waals surface area contributed by atoms with Crippen LogP contribution in [0.1, 0.15) is 17.0 Å². The van der Waals surface area contributed by atoms with E-state index in [1.807, 2.05) is 67.6 Å². The van der Waals surface area contributed by atoms with Gasteiger partial charge in [-0.2, -0.15) is 4.98 Å². The minimum atomic E-state index is -0.109. The number of ether oxygens (including phenoxy) is 2.